The van der Waals surface area contributed by atoms with E-state index in [2.05, 4.69) is 27.7 Å². The van der Waals surface area contributed by atoms with Crippen molar-refractivity contribution >= 4 is 13.2 Å². The number of carbonyl (C=O) groups is 1. The fourth-order valence-electron chi connectivity index (χ4n) is 2.29. The van der Waals surface area contributed by atoms with Crippen LogP contribution in [0.15, 0.2) is 0 Å². The summed E-state index contributed by atoms with van der Waals surface area (Å²) < 4.78 is 0. The van der Waals surface area contributed by atoms with Gasteiger partial charge in [0.1, 0.15) is 0 Å². The summed E-state index contributed by atoms with van der Waals surface area (Å²) in [6, 6.07) is 0. The van der Waals surface area contributed by atoms with Gasteiger partial charge in [-0.05, 0) is 33.1 Å². The van der Waals surface area contributed by atoms with E-state index in [0.29, 0.717) is 0 Å². The summed E-state index contributed by atoms with van der Waals surface area (Å²) in [7, 11) is -0.527. The van der Waals surface area contributed by atoms with Gasteiger partial charge in [-0.25, -0.2) is 0 Å². The Labute approximate surface area is 121 Å². The smallest absolute Gasteiger partial charge is 0.0594 e. The van der Waals surface area contributed by atoms with Gasteiger partial charge in [-0.15, -0.1) is 0 Å². The van der Waals surface area contributed by atoms with Gasteiger partial charge >= 0.3 is 0 Å². The number of hydrogen-bond acceptors (Lipinski definition) is 2. The predicted octanol–water partition coefficient (Wildman–Crippen LogP) is 4.18. The molecule has 0 saturated carbocycles. The minimum atomic E-state index is -1.08. The molecule has 0 amide bonds. The molecule has 0 bridgehead atoms. The second kappa shape index (κ2) is 14.3. The highest BCUT2D eigenvalue weighted by atomic mass is 31.2. The minimum Gasteiger partial charge on any atom is -0.550 e. The Morgan fingerprint density at radius 1 is 0.842 bits per heavy atom. The quantitative estimate of drug-likeness (QED) is 0.566. The number of rotatable bonds is 10. The molecule has 3 heteroatoms. The summed E-state index contributed by atoms with van der Waals surface area (Å²) >= 11 is 0. The van der Waals surface area contributed by atoms with Crippen molar-refractivity contribution in [1.82, 2.24) is 0 Å². The lowest BCUT2D eigenvalue weighted by molar-refractivity contribution is -0.302. The Kier molecular flexibility index (Phi) is 16.0. The molecule has 2 nitrogen and oxygen atoms in total. The van der Waals surface area contributed by atoms with Gasteiger partial charge in [0.2, 0.25) is 0 Å². The van der Waals surface area contributed by atoms with Crippen molar-refractivity contribution < 1.29 is 9.90 Å². The number of carbonyl (C=O) groups excluding carboxylic acids is 1. The SMILES string of the molecule is CC(=O)[O-].CCCC[P+](CC)(CCCC)CCCC. The maximum Gasteiger partial charge on any atom is 0.0594 e. The number of unbranched alkanes of at least 4 members (excludes halogenated alkanes) is 3. The summed E-state index contributed by atoms with van der Waals surface area (Å²) in [6.07, 6.45) is 14.9. The summed E-state index contributed by atoms with van der Waals surface area (Å²) in [5.74, 6) is -1.08. The molecule has 0 radical (unpaired) electrons. The molecule has 116 valence electrons. The van der Waals surface area contributed by atoms with Crippen LogP contribution >= 0.6 is 7.26 Å². The van der Waals surface area contributed by atoms with Gasteiger partial charge in [-0.2, -0.15) is 0 Å². The van der Waals surface area contributed by atoms with E-state index in [-0.39, 0.29) is 0 Å². The highest BCUT2D eigenvalue weighted by Gasteiger charge is 2.32. The van der Waals surface area contributed by atoms with E-state index >= 15 is 0 Å². The molecule has 0 fully saturated rings. The molecule has 0 spiro atoms. The Bertz CT molecular complexity index is 179. The molecule has 0 aromatic heterocycles. The van der Waals surface area contributed by atoms with Crippen LogP contribution in [0, 0.1) is 0 Å². The minimum absolute atomic E-state index is 0.527. The Morgan fingerprint density at radius 2 is 1.11 bits per heavy atom. The lowest BCUT2D eigenvalue weighted by Gasteiger charge is -2.26. The van der Waals surface area contributed by atoms with Crippen molar-refractivity contribution in [2.75, 3.05) is 24.6 Å². The van der Waals surface area contributed by atoms with Crippen molar-refractivity contribution in [3.63, 3.8) is 0 Å². The van der Waals surface area contributed by atoms with E-state index in [1.54, 1.807) is 18.5 Å². The largest absolute Gasteiger partial charge is 0.550 e. The number of hydrogen-bond donors (Lipinski definition) is 0. The Morgan fingerprint density at radius 3 is 1.26 bits per heavy atom. The standard InChI is InChI=1S/C14H32P.C2H4O2/c1-5-9-12-15(8-4,13-10-6-2)14-11-7-3;1-2(3)4/h5-14H2,1-4H3;1H3,(H,3,4)/q+1;/p-1. The van der Waals surface area contributed by atoms with Gasteiger partial charge in [0.25, 0.3) is 0 Å². The lowest BCUT2D eigenvalue weighted by Crippen LogP contribution is -2.16. The van der Waals surface area contributed by atoms with Crippen LogP contribution in [0.25, 0.3) is 0 Å². The third-order valence-electron chi connectivity index (χ3n) is 3.63. The van der Waals surface area contributed by atoms with Crippen LogP contribution in [0.4, 0.5) is 0 Å². The molecule has 0 aliphatic heterocycles. The average molecular weight is 290 g/mol. The van der Waals surface area contributed by atoms with Crippen molar-refractivity contribution in [2.24, 2.45) is 0 Å². The van der Waals surface area contributed by atoms with E-state index in [1.165, 1.54) is 44.7 Å². The first-order chi connectivity index (χ1) is 8.97. The molecule has 0 heterocycles. The van der Waals surface area contributed by atoms with Crippen LogP contribution in [0.5, 0.6) is 0 Å². The first kappa shape index (κ1) is 21.2. The van der Waals surface area contributed by atoms with Gasteiger partial charge in [-0.3, -0.25) is 0 Å². The molecule has 0 rings (SSSR count). The summed E-state index contributed by atoms with van der Waals surface area (Å²) in [6.45, 7) is 10.4. The molecule has 0 unspecified atom stereocenters. The molecule has 0 N–H and O–H groups in total. The fraction of sp³-hybridized carbons (Fsp3) is 0.938. The summed E-state index contributed by atoms with van der Waals surface area (Å²) in [4.78, 5) is 8.89. The van der Waals surface area contributed by atoms with E-state index in [4.69, 9.17) is 9.90 Å². The second-order valence-corrected chi connectivity index (χ2v) is 10.0. The van der Waals surface area contributed by atoms with Crippen LogP contribution < -0.4 is 5.11 Å². The van der Waals surface area contributed by atoms with Crippen molar-refractivity contribution in [3.8, 4) is 0 Å². The zero-order valence-corrected chi connectivity index (χ0v) is 14.7. The Hall–Kier alpha value is -0.100. The molecular weight excluding hydrogens is 255 g/mol. The van der Waals surface area contributed by atoms with E-state index in [1.807, 2.05) is 0 Å². The predicted molar refractivity (Wildman–Crippen MR) is 87.5 cm³/mol. The lowest BCUT2D eigenvalue weighted by atomic mass is 10.4. The highest BCUT2D eigenvalue weighted by Crippen LogP contribution is 2.60. The van der Waals surface area contributed by atoms with Crippen LogP contribution in [-0.2, 0) is 4.79 Å². The molecular formula is C16H35O2P. The third-order valence-corrected chi connectivity index (χ3v) is 8.77. The monoisotopic (exact) mass is 290 g/mol. The topological polar surface area (TPSA) is 40.1 Å². The molecule has 0 atom stereocenters. The van der Waals surface area contributed by atoms with Crippen molar-refractivity contribution in [1.29, 1.82) is 0 Å². The maximum atomic E-state index is 8.89. The third kappa shape index (κ3) is 14.1. The first-order valence-corrected chi connectivity index (χ1v) is 10.5. The zero-order chi connectivity index (χ0) is 15.1. The van der Waals surface area contributed by atoms with E-state index in [0.717, 1.165) is 6.92 Å². The number of carboxylic acids is 1. The van der Waals surface area contributed by atoms with E-state index in [9.17, 15) is 0 Å². The molecule has 19 heavy (non-hydrogen) atoms. The molecule has 0 aromatic carbocycles. The normalized spacial score (nSPS) is 10.8. The van der Waals surface area contributed by atoms with Crippen LogP contribution in [0.1, 0.15) is 73.1 Å². The second-order valence-electron chi connectivity index (χ2n) is 5.38. The van der Waals surface area contributed by atoms with Gasteiger partial charge in [0.05, 0.1) is 24.6 Å². The Balaban J connectivity index is 0. The zero-order valence-electron chi connectivity index (χ0n) is 13.8. The number of aliphatic carboxylic acids is 1. The van der Waals surface area contributed by atoms with Crippen LogP contribution in [-0.4, -0.2) is 30.6 Å². The van der Waals surface area contributed by atoms with Crippen LogP contribution in [0.3, 0.4) is 0 Å². The highest BCUT2D eigenvalue weighted by molar-refractivity contribution is 7.75. The molecule has 0 aliphatic carbocycles. The summed E-state index contributed by atoms with van der Waals surface area (Å²) in [5.41, 5.74) is 0. The van der Waals surface area contributed by atoms with Crippen molar-refractivity contribution in [3.05, 3.63) is 0 Å². The molecule has 0 saturated heterocycles. The first-order valence-electron chi connectivity index (χ1n) is 8.00. The fourth-order valence-corrected chi connectivity index (χ4v) is 6.87. The van der Waals surface area contributed by atoms with Gasteiger partial charge in [-0.1, -0.05) is 40.0 Å². The van der Waals surface area contributed by atoms with Crippen LogP contribution in [0.2, 0.25) is 0 Å². The van der Waals surface area contributed by atoms with Gasteiger partial charge < -0.3 is 9.90 Å². The van der Waals surface area contributed by atoms with Gasteiger partial charge in [0.15, 0.2) is 0 Å². The van der Waals surface area contributed by atoms with Crippen molar-refractivity contribution in [2.45, 2.75) is 73.1 Å². The van der Waals surface area contributed by atoms with Gasteiger partial charge in [0, 0.05) is 13.2 Å². The summed E-state index contributed by atoms with van der Waals surface area (Å²) in [5, 5.41) is 8.89. The molecule has 0 aliphatic rings. The average Bonchev–Trinajstić information content (AvgIpc) is 2.38. The molecule has 0 aromatic rings. The van der Waals surface area contributed by atoms with E-state index < -0.39 is 13.2 Å². The maximum absolute atomic E-state index is 8.89. The number of carboxylic acid groups (broad SMARTS) is 1.